The first-order valence-electron chi connectivity index (χ1n) is 6.32. The number of carbonyl (C=O) groups is 1. The van der Waals surface area contributed by atoms with Crippen molar-refractivity contribution in [3.05, 3.63) is 17.7 Å². The molecule has 5 nitrogen and oxygen atoms in total. The Balaban J connectivity index is 2.72. The summed E-state index contributed by atoms with van der Waals surface area (Å²) in [4.78, 5) is 11.3. The molecule has 0 N–H and O–H groups in total. The highest BCUT2D eigenvalue weighted by Crippen LogP contribution is 2.38. The van der Waals surface area contributed by atoms with Crippen molar-refractivity contribution < 1.29 is 36.9 Å². The average molecular weight is 322 g/mol. The molecule has 0 heterocycles. The minimum absolute atomic E-state index is 0.186. The van der Waals surface area contributed by atoms with E-state index in [1.54, 1.807) is 12.1 Å². The summed E-state index contributed by atoms with van der Waals surface area (Å²) >= 11 is 0. The van der Waals surface area contributed by atoms with Crippen LogP contribution in [0.2, 0.25) is 0 Å². The summed E-state index contributed by atoms with van der Waals surface area (Å²) in [5.74, 6) is 0.278. The van der Waals surface area contributed by atoms with Gasteiger partial charge >= 0.3 is 12.1 Å². The molecule has 0 spiro atoms. The fraction of sp³-hybridized carbons (Fsp3) is 0.500. The maximum Gasteiger partial charge on any atom is 0.422 e. The van der Waals surface area contributed by atoms with Gasteiger partial charge in [-0.05, 0) is 24.1 Å². The lowest BCUT2D eigenvalue weighted by Crippen LogP contribution is -2.20. The van der Waals surface area contributed by atoms with E-state index in [0.29, 0.717) is 22.8 Å². The van der Waals surface area contributed by atoms with E-state index in [1.165, 1.54) is 21.3 Å². The van der Waals surface area contributed by atoms with Crippen molar-refractivity contribution in [2.24, 2.45) is 0 Å². The van der Waals surface area contributed by atoms with E-state index in [9.17, 15) is 18.0 Å². The molecule has 0 saturated carbocycles. The third-order valence-corrected chi connectivity index (χ3v) is 2.74. The van der Waals surface area contributed by atoms with Crippen molar-refractivity contribution in [2.45, 2.75) is 19.0 Å². The van der Waals surface area contributed by atoms with Gasteiger partial charge in [-0.3, -0.25) is 4.79 Å². The van der Waals surface area contributed by atoms with E-state index in [4.69, 9.17) is 14.2 Å². The molecule has 124 valence electrons. The van der Waals surface area contributed by atoms with E-state index in [1.807, 2.05) is 0 Å². The zero-order valence-electron chi connectivity index (χ0n) is 12.5. The summed E-state index contributed by atoms with van der Waals surface area (Å²) < 4.78 is 55.4. The van der Waals surface area contributed by atoms with Crippen LogP contribution in [0.3, 0.4) is 0 Å². The number of esters is 1. The second-order valence-corrected chi connectivity index (χ2v) is 4.31. The predicted octanol–water partition coefficient (Wildman–Crippen LogP) is 2.75. The number of aryl methyl sites for hydroxylation is 1. The Bertz CT molecular complexity index is 489. The first-order chi connectivity index (χ1) is 10.3. The van der Waals surface area contributed by atoms with Gasteiger partial charge in [-0.25, -0.2) is 0 Å². The molecule has 8 heteroatoms. The van der Waals surface area contributed by atoms with Crippen LogP contribution in [0, 0.1) is 0 Å². The molecule has 0 atom stereocenters. The molecule has 1 aromatic rings. The molecule has 0 unspecified atom stereocenters. The second kappa shape index (κ2) is 7.77. The van der Waals surface area contributed by atoms with E-state index < -0.39 is 18.8 Å². The number of halogens is 3. The topological polar surface area (TPSA) is 54.0 Å². The van der Waals surface area contributed by atoms with Crippen LogP contribution in [0.25, 0.3) is 0 Å². The van der Waals surface area contributed by atoms with Gasteiger partial charge in [0.1, 0.15) is 0 Å². The zero-order chi connectivity index (χ0) is 16.8. The van der Waals surface area contributed by atoms with Crippen LogP contribution in [-0.2, 0) is 16.0 Å². The van der Waals surface area contributed by atoms with Gasteiger partial charge in [-0.1, -0.05) is 0 Å². The summed E-state index contributed by atoms with van der Waals surface area (Å²) in [6.45, 7) is -1.58. The van der Waals surface area contributed by atoms with Gasteiger partial charge in [-0.2, -0.15) is 13.2 Å². The summed E-state index contributed by atoms with van der Waals surface area (Å²) in [6.07, 6.45) is -4.52. The van der Waals surface area contributed by atoms with E-state index in [-0.39, 0.29) is 12.8 Å². The Morgan fingerprint density at radius 3 is 2.00 bits per heavy atom. The highest BCUT2D eigenvalue weighted by Gasteiger charge is 2.29. The molecule has 0 saturated heterocycles. The summed E-state index contributed by atoms with van der Waals surface area (Å²) in [5, 5.41) is 0. The number of hydrogen-bond acceptors (Lipinski definition) is 5. The Morgan fingerprint density at radius 2 is 1.59 bits per heavy atom. The van der Waals surface area contributed by atoms with Crippen molar-refractivity contribution in [2.75, 3.05) is 27.9 Å². The molecular weight excluding hydrogens is 305 g/mol. The molecule has 0 bridgehead atoms. The number of benzene rings is 1. The average Bonchev–Trinajstić information content (AvgIpc) is 2.48. The number of rotatable bonds is 7. The summed E-state index contributed by atoms with van der Waals surface area (Å²) in [5.41, 5.74) is 0.651. The fourth-order valence-electron chi connectivity index (χ4n) is 1.76. The van der Waals surface area contributed by atoms with Crippen molar-refractivity contribution in [3.8, 4) is 17.2 Å². The van der Waals surface area contributed by atoms with Crippen LogP contribution < -0.4 is 14.2 Å². The molecule has 1 rings (SSSR count). The quantitative estimate of drug-likeness (QED) is 0.723. The van der Waals surface area contributed by atoms with Crippen molar-refractivity contribution in [1.29, 1.82) is 0 Å². The standard InChI is InChI=1S/C14H17F3O5/c1-19-10-6-9(7-11(20-2)13(10)21-3)4-5-12(18)22-8-14(15,16)17/h6-7H,4-5,8H2,1-3H3. The van der Waals surface area contributed by atoms with Gasteiger partial charge in [0, 0.05) is 6.42 Å². The van der Waals surface area contributed by atoms with Gasteiger partial charge < -0.3 is 18.9 Å². The van der Waals surface area contributed by atoms with Gasteiger partial charge in [0.2, 0.25) is 5.75 Å². The second-order valence-electron chi connectivity index (χ2n) is 4.31. The largest absolute Gasteiger partial charge is 0.493 e. The fourth-order valence-corrected chi connectivity index (χ4v) is 1.76. The molecule has 0 aromatic heterocycles. The van der Waals surface area contributed by atoms with Crippen LogP contribution in [0.5, 0.6) is 17.2 Å². The van der Waals surface area contributed by atoms with Crippen LogP contribution in [-0.4, -0.2) is 40.1 Å². The molecular formula is C14H17F3O5. The smallest absolute Gasteiger partial charge is 0.422 e. The number of alkyl halides is 3. The lowest BCUT2D eigenvalue weighted by Gasteiger charge is -2.14. The SMILES string of the molecule is COc1cc(CCC(=O)OCC(F)(F)F)cc(OC)c1OC. The zero-order valence-corrected chi connectivity index (χ0v) is 12.5. The predicted molar refractivity (Wildman–Crippen MR) is 71.4 cm³/mol. The van der Waals surface area contributed by atoms with Gasteiger partial charge in [0.05, 0.1) is 21.3 Å². The molecule has 22 heavy (non-hydrogen) atoms. The molecule has 0 amide bonds. The van der Waals surface area contributed by atoms with E-state index in [0.717, 1.165) is 0 Å². The van der Waals surface area contributed by atoms with Crippen molar-refractivity contribution in [1.82, 2.24) is 0 Å². The highest BCUT2D eigenvalue weighted by molar-refractivity contribution is 5.70. The van der Waals surface area contributed by atoms with Crippen molar-refractivity contribution >= 4 is 5.97 Å². The molecule has 0 fully saturated rings. The minimum Gasteiger partial charge on any atom is -0.493 e. The monoisotopic (exact) mass is 322 g/mol. The Morgan fingerprint density at radius 1 is 1.05 bits per heavy atom. The van der Waals surface area contributed by atoms with Crippen molar-refractivity contribution in [3.63, 3.8) is 0 Å². The lowest BCUT2D eigenvalue weighted by molar-refractivity contribution is -0.186. The number of ether oxygens (including phenoxy) is 4. The minimum atomic E-state index is -4.53. The first-order valence-corrected chi connectivity index (χ1v) is 6.32. The Hall–Kier alpha value is -2.12. The van der Waals surface area contributed by atoms with Gasteiger partial charge in [-0.15, -0.1) is 0 Å². The maximum atomic E-state index is 11.9. The normalized spacial score (nSPS) is 11.0. The lowest BCUT2D eigenvalue weighted by atomic mass is 10.1. The highest BCUT2D eigenvalue weighted by atomic mass is 19.4. The third-order valence-electron chi connectivity index (χ3n) is 2.74. The van der Waals surface area contributed by atoms with E-state index in [2.05, 4.69) is 4.74 Å². The molecule has 0 radical (unpaired) electrons. The van der Waals surface area contributed by atoms with Gasteiger partial charge in [0.25, 0.3) is 0 Å². The summed E-state index contributed by atoms with van der Waals surface area (Å²) in [6, 6.07) is 3.25. The Labute approximate surface area is 125 Å². The number of hydrogen-bond donors (Lipinski definition) is 0. The van der Waals surface area contributed by atoms with Crippen LogP contribution in [0.4, 0.5) is 13.2 Å². The van der Waals surface area contributed by atoms with Crippen LogP contribution in [0.15, 0.2) is 12.1 Å². The number of carbonyl (C=O) groups excluding carboxylic acids is 1. The molecule has 1 aromatic carbocycles. The Kier molecular flexibility index (Phi) is 6.33. The number of methoxy groups -OCH3 is 3. The van der Waals surface area contributed by atoms with E-state index >= 15 is 0 Å². The molecule has 0 aliphatic heterocycles. The maximum absolute atomic E-state index is 11.9. The summed E-state index contributed by atoms with van der Waals surface area (Å²) in [7, 11) is 4.34. The molecule has 0 aliphatic carbocycles. The third kappa shape index (κ3) is 5.34. The first kappa shape index (κ1) is 17.9. The molecule has 0 aliphatic rings. The van der Waals surface area contributed by atoms with Crippen LogP contribution in [0.1, 0.15) is 12.0 Å². The van der Waals surface area contributed by atoms with Gasteiger partial charge in [0.15, 0.2) is 18.1 Å². The van der Waals surface area contributed by atoms with Crippen LogP contribution >= 0.6 is 0 Å².